The predicted octanol–water partition coefficient (Wildman–Crippen LogP) is 4.29. The maximum absolute atomic E-state index is 6.16. The number of imidazole rings is 1. The van der Waals surface area contributed by atoms with Crippen molar-refractivity contribution < 1.29 is 0 Å². The van der Waals surface area contributed by atoms with Crippen molar-refractivity contribution in [2.24, 2.45) is 0 Å². The Morgan fingerprint density at radius 2 is 2.00 bits per heavy atom. The van der Waals surface area contributed by atoms with Crippen LogP contribution in [0.2, 0.25) is 5.02 Å². The number of benzene rings is 1. The Morgan fingerprint density at radius 1 is 1.20 bits per heavy atom. The van der Waals surface area contributed by atoms with Gasteiger partial charge >= 0.3 is 0 Å². The van der Waals surface area contributed by atoms with Crippen molar-refractivity contribution >= 4 is 29.1 Å². The molecule has 5 heteroatoms. The molecule has 0 bridgehead atoms. The van der Waals surface area contributed by atoms with E-state index in [2.05, 4.69) is 23.0 Å². The molecule has 3 nitrogen and oxygen atoms in total. The first-order chi connectivity index (χ1) is 9.63. The molecule has 0 saturated heterocycles. The average molecular weight is 304 g/mol. The number of aromatic nitrogens is 3. The lowest BCUT2D eigenvalue weighted by molar-refractivity contribution is 1.01. The normalized spacial score (nSPS) is 11.2. The van der Waals surface area contributed by atoms with Gasteiger partial charge in [0.15, 0.2) is 0 Å². The lowest BCUT2D eigenvalue weighted by Gasteiger charge is -2.01. The van der Waals surface area contributed by atoms with Gasteiger partial charge in [-0.05, 0) is 32.0 Å². The van der Waals surface area contributed by atoms with E-state index in [-0.39, 0.29) is 0 Å². The van der Waals surface area contributed by atoms with Crippen LogP contribution >= 0.6 is 23.4 Å². The van der Waals surface area contributed by atoms with Gasteiger partial charge in [0.1, 0.15) is 0 Å². The Bertz CT molecular complexity index is 767. The number of rotatable bonds is 3. The van der Waals surface area contributed by atoms with Crippen LogP contribution in [0.15, 0.2) is 41.4 Å². The van der Waals surface area contributed by atoms with Crippen molar-refractivity contribution in [1.82, 2.24) is 14.4 Å². The summed E-state index contributed by atoms with van der Waals surface area (Å²) in [4.78, 5) is 10.1. The van der Waals surface area contributed by atoms with E-state index >= 15 is 0 Å². The van der Waals surface area contributed by atoms with Crippen LogP contribution in [-0.2, 0) is 5.75 Å². The molecule has 0 spiro atoms. The van der Waals surface area contributed by atoms with E-state index in [0.29, 0.717) is 0 Å². The minimum Gasteiger partial charge on any atom is -0.288 e. The molecular weight excluding hydrogens is 290 g/mol. The van der Waals surface area contributed by atoms with Crippen LogP contribution in [0, 0.1) is 13.8 Å². The Hall–Kier alpha value is -1.52. The zero-order valence-corrected chi connectivity index (χ0v) is 12.9. The fraction of sp³-hybridized carbons (Fsp3) is 0.200. The minimum atomic E-state index is 0.761. The molecule has 0 aliphatic carbocycles. The van der Waals surface area contributed by atoms with Crippen LogP contribution < -0.4 is 0 Å². The Morgan fingerprint density at radius 3 is 2.80 bits per heavy atom. The molecule has 0 amide bonds. The molecule has 0 radical (unpaired) electrons. The number of hydrogen-bond acceptors (Lipinski definition) is 3. The lowest BCUT2D eigenvalue weighted by atomic mass is 10.3. The molecule has 3 rings (SSSR count). The van der Waals surface area contributed by atoms with Gasteiger partial charge in [-0.2, -0.15) is 0 Å². The quantitative estimate of drug-likeness (QED) is 0.676. The third kappa shape index (κ3) is 2.67. The van der Waals surface area contributed by atoms with Crippen molar-refractivity contribution in [2.45, 2.75) is 24.5 Å². The van der Waals surface area contributed by atoms with Gasteiger partial charge < -0.3 is 0 Å². The highest BCUT2D eigenvalue weighted by atomic mass is 35.5. The zero-order chi connectivity index (χ0) is 14.1. The molecule has 102 valence electrons. The maximum Gasteiger partial charge on any atom is 0.234 e. The first-order valence-corrected chi connectivity index (χ1v) is 7.69. The first kappa shape index (κ1) is 13.5. The van der Waals surface area contributed by atoms with Crippen molar-refractivity contribution in [1.29, 1.82) is 0 Å². The highest BCUT2D eigenvalue weighted by Gasteiger charge is 2.07. The summed E-state index contributed by atoms with van der Waals surface area (Å²) in [7, 11) is 0. The predicted molar refractivity (Wildman–Crippen MR) is 83.5 cm³/mol. The molecule has 3 aromatic rings. The fourth-order valence-corrected chi connectivity index (χ4v) is 3.22. The highest BCUT2D eigenvalue weighted by molar-refractivity contribution is 7.98. The molecular formula is C15H14ClN3S. The van der Waals surface area contributed by atoms with Crippen molar-refractivity contribution in [2.75, 3.05) is 0 Å². The van der Waals surface area contributed by atoms with Crippen LogP contribution in [0.4, 0.5) is 0 Å². The van der Waals surface area contributed by atoms with Gasteiger partial charge in [0.05, 0.1) is 10.7 Å². The van der Waals surface area contributed by atoms with Crippen LogP contribution in [0.5, 0.6) is 0 Å². The van der Waals surface area contributed by atoms with E-state index in [1.54, 1.807) is 11.8 Å². The summed E-state index contributed by atoms with van der Waals surface area (Å²) >= 11 is 7.85. The Labute approximate surface area is 127 Å². The van der Waals surface area contributed by atoms with Crippen LogP contribution in [-0.4, -0.2) is 14.4 Å². The lowest BCUT2D eigenvalue weighted by Crippen LogP contribution is -1.94. The molecule has 0 aliphatic rings. The van der Waals surface area contributed by atoms with Gasteiger partial charge in [-0.25, -0.2) is 9.97 Å². The van der Waals surface area contributed by atoms with Crippen molar-refractivity contribution in [3.63, 3.8) is 0 Å². The smallest absolute Gasteiger partial charge is 0.234 e. The van der Waals surface area contributed by atoms with E-state index in [1.807, 2.05) is 41.8 Å². The third-order valence-corrected chi connectivity index (χ3v) is 4.57. The summed E-state index contributed by atoms with van der Waals surface area (Å²) in [5, 5.41) is 0.784. The Kier molecular flexibility index (Phi) is 3.68. The van der Waals surface area contributed by atoms with Crippen molar-refractivity contribution in [3.8, 4) is 0 Å². The molecule has 0 fully saturated rings. The molecule has 2 heterocycles. The standard InChI is InChI=1S/C15H14ClN3S/c1-10-7-11(2)19-8-12(18-15(19)17-10)9-20-14-6-4-3-5-13(14)16/h3-8H,9H2,1-2H3. The molecule has 20 heavy (non-hydrogen) atoms. The van der Waals surface area contributed by atoms with Gasteiger partial charge in [0.2, 0.25) is 5.78 Å². The van der Waals surface area contributed by atoms with E-state index in [1.165, 1.54) is 0 Å². The van der Waals surface area contributed by atoms with Crippen molar-refractivity contribution in [3.05, 3.63) is 58.6 Å². The Balaban J connectivity index is 1.85. The molecule has 0 unspecified atom stereocenters. The minimum absolute atomic E-state index is 0.761. The van der Waals surface area contributed by atoms with Gasteiger partial charge in [-0.15, -0.1) is 11.8 Å². The molecule has 2 aromatic heterocycles. The molecule has 0 N–H and O–H groups in total. The van der Waals surface area contributed by atoms with Crippen LogP contribution in [0.1, 0.15) is 17.1 Å². The van der Waals surface area contributed by atoms with E-state index in [9.17, 15) is 0 Å². The second kappa shape index (κ2) is 5.46. The number of thioether (sulfide) groups is 1. The second-order valence-corrected chi connectivity index (χ2v) is 6.08. The summed E-state index contributed by atoms with van der Waals surface area (Å²) in [5.41, 5.74) is 3.15. The third-order valence-electron chi connectivity index (χ3n) is 3.02. The molecule has 0 atom stereocenters. The largest absolute Gasteiger partial charge is 0.288 e. The topological polar surface area (TPSA) is 30.2 Å². The molecule has 1 aromatic carbocycles. The maximum atomic E-state index is 6.16. The van der Waals surface area contributed by atoms with Gasteiger partial charge in [0.25, 0.3) is 0 Å². The number of halogens is 1. The number of aryl methyl sites for hydroxylation is 2. The van der Waals surface area contributed by atoms with E-state index in [4.69, 9.17) is 11.6 Å². The first-order valence-electron chi connectivity index (χ1n) is 6.33. The average Bonchev–Trinajstić information content (AvgIpc) is 2.81. The molecule has 0 saturated carbocycles. The summed E-state index contributed by atoms with van der Waals surface area (Å²) in [6, 6.07) is 9.92. The number of fused-ring (bicyclic) bond motifs is 1. The fourth-order valence-electron chi connectivity index (χ4n) is 2.10. The summed E-state index contributed by atoms with van der Waals surface area (Å²) < 4.78 is 2.02. The van der Waals surface area contributed by atoms with Gasteiger partial charge in [-0.1, -0.05) is 23.7 Å². The summed E-state index contributed by atoms with van der Waals surface area (Å²) in [6.07, 6.45) is 2.04. The number of hydrogen-bond donors (Lipinski definition) is 0. The zero-order valence-electron chi connectivity index (χ0n) is 11.3. The number of nitrogens with zero attached hydrogens (tertiary/aromatic N) is 3. The van der Waals surface area contributed by atoms with Gasteiger partial charge in [0, 0.05) is 28.2 Å². The van der Waals surface area contributed by atoms with E-state index in [0.717, 1.165) is 38.5 Å². The summed E-state index contributed by atoms with van der Waals surface area (Å²) in [5.74, 6) is 1.54. The van der Waals surface area contributed by atoms with Crippen LogP contribution in [0.25, 0.3) is 5.78 Å². The second-order valence-electron chi connectivity index (χ2n) is 4.66. The molecule has 0 aliphatic heterocycles. The summed E-state index contributed by atoms with van der Waals surface area (Å²) in [6.45, 7) is 4.05. The van der Waals surface area contributed by atoms with Gasteiger partial charge in [-0.3, -0.25) is 4.40 Å². The highest BCUT2D eigenvalue weighted by Crippen LogP contribution is 2.29. The van der Waals surface area contributed by atoms with E-state index < -0.39 is 0 Å². The SMILES string of the molecule is Cc1cc(C)n2cc(CSc3ccccc3Cl)nc2n1. The van der Waals surface area contributed by atoms with Crippen LogP contribution in [0.3, 0.4) is 0 Å². The monoisotopic (exact) mass is 303 g/mol.